The van der Waals surface area contributed by atoms with Crippen LogP contribution in [0.3, 0.4) is 0 Å². The molecule has 22 aliphatic rings. The number of rotatable bonds is 64. The van der Waals surface area contributed by atoms with Crippen LogP contribution in [0.15, 0.2) is 0 Å². The van der Waals surface area contributed by atoms with Crippen LogP contribution < -0.4 is 0 Å². The van der Waals surface area contributed by atoms with Crippen molar-refractivity contribution < 1.29 is 163 Å². The monoisotopic (exact) mass is 2010 g/mol. The lowest BCUT2D eigenvalue weighted by atomic mass is 9.90. The first-order valence-electron chi connectivity index (χ1n) is 51.7. The van der Waals surface area contributed by atoms with E-state index in [1.807, 2.05) is 0 Å². The Labute approximate surface area is 787 Å². The van der Waals surface area contributed by atoms with Gasteiger partial charge < -0.3 is 163 Å². The van der Waals surface area contributed by atoms with Crippen molar-refractivity contribution in [3.8, 4) is 0 Å². The normalized spacial score (nSPS) is 44.4. The van der Waals surface area contributed by atoms with Crippen LogP contribution in [0.2, 0.25) is 48.4 Å². The Morgan fingerprint density at radius 2 is 0.242 bits per heavy atom. The van der Waals surface area contributed by atoms with Crippen LogP contribution in [0.5, 0.6) is 0 Å². The molecule has 0 spiro atoms. The first-order valence-corrected chi connectivity index (χ1v) is 67.2. The number of epoxide rings is 8. The molecule has 8 bridgehead atoms. The average Bonchev–Trinajstić information content (AvgIpc) is 1.63. The molecule has 14 heterocycles. The van der Waals surface area contributed by atoms with Gasteiger partial charge in [-0.05, 0) is 201 Å². The van der Waals surface area contributed by atoms with E-state index in [0.717, 1.165) is 154 Å². The van der Waals surface area contributed by atoms with Gasteiger partial charge in [0.05, 0.1) is 256 Å². The number of ether oxygens (including phenoxy) is 24. The Hall–Kier alpha value is 0.295. The molecule has 0 aromatic heterocycles. The Morgan fingerprint density at radius 3 is 0.356 bits per heavy atom. The average molecular weight is 2010 g/mol. The van der Waals surface area contributed by atoms with Gasteiger partial charge in [0, 0.05) is 101 Å². The summed E-state index contributed by atoms with van der Waals surface area (Å²) in [6.07, 6.45) is 30.8. The standard InChI is InChI=1S/C88H152O36Si8/c1-9-73-81(105-73)49-65(1)57-97-25-17-89-33-41-125-113-126(42-34-90-18-26-98-58-66-2-10-74-82(50-66)106-74)116-129(45-37-93-21-29-101-61-69-5-13-77-85(53-69)109-77)118-127(114-125,43-35-91-19-27-99-59-67-3-11-75-83(51-67)107-75)120-131(47-39-95-23-31-103-63-71-7-15-79-87(55-71)111-79)121-128(115-125,44-36-92-20-28-100-60-68-4-12-76-84(52-68)108-76)119-130(117-126,46-38-94-22-30-102-62-70-6-14-78-86(54-70)110-78)123-132(122-129,124-131)48-40-96-24-32-104-64-72-8-16-80-88(56-72)112-80/h65-88H,1-64H2. The zero-order chi connectivity index (χ0) is 88.6. The summed E-state index contributed by atoms with van der Waals surface area (Å²) in [4.78, 5) is 0. The van der Waals surface area contributed by atoms with Crippen molar-refractivity contribution in [2.24, 2.45) is 47.3 Å². The summed E-state index contributed by atoms with van der Waals surface area (Å²) in [5.41, 5.74) is 0. The third kappa shape index (κ3) is 27.7. The highest BCUT2D eigenvalue weighted by Crippen LogP contribution is 2.56. The van der Waals surface area contributed by atoms with Gasteiger partial charge in [0.15, 0.2) is 0 Å². The highest BCUT2D eigenvalue weighted by atomic mass is 28.6. The van der Waals surface area contributed by atoms with E-state index in [4.69, 9.17) is 163 Å². The van der Waals surface area contributed by atoms with Crippen LogP contribution in [0.25, 0.3) is 0 Å². The van der Waals surface area contributed by atoms with Crippen molar-refractivity contribution in [3.05, 3.63) is 0 Å². The molecule has 8 saturated carbocycles. The summed E-state index contributed by atoms with van der Waals surface area (Å²) in [7, 11) is -38.1. The molecule has 14 aliphatic heterocycles. The molecule has 24 unspecified atom stereocenters. The van der Waals surface area contributed by atoms with Crippen LogP contribution in [-0.4, -0.2) is 380 Å². The molecule has 0 aromatic carbocycles. The Balaban J connectivity index is 0.621. The fraction of sp³-hybridized carbons (Fsp3) is 1.00. The third-order valence-electron chi connectivity index (χ3n) is 30.9. The molecule has 8 aliphatic carbocycles. The molecular formula is C88H152O36Si8. The quantitative estimate of drug-likeness (QED) is 0.0312. The van der Waals surface area contributed by atoms with E-state index >= 15 is 0 Å². The highest BCUT2D eigenvalue weighted by molar-refractivity contribution is 7.03. The van der Waals surface area contributed by atoms with Crippen molar-refractivity contribution in [2.45, 2.75) is 300 Å². The summed E-state index contributed by atoms with van der Waals surface area (Å²) >= 11 is 0. The molecule has 752 valence electrons. The Morgan fingerprint density at radius 1 is 0.129 bits per heavy atom. The number of fused-ring (bicyclic) bond motifs is 8. The predicted molar refractivity (Wildman–Crippen MR) is 479 cm³/mol. The van der Waals surface area contributed by atoms with Gasteiger partial charge in [-0.3, -0.25) is 0 Å². The Bertz CT molecular complexity index is 2830. The van der Waals surface area contributed by atoms with Gasteiger partial charge in [-0.1, -0.05) is 0 Å². The molecule has 14 saturated heterocycles. The van der Waals surface area contributed by atoms with E-state index in [0.29, 0.717) is 251 Å². The maximum absolute atomic E-state index is 8.35. The van der Waals surface area contributed by atoms with Crippen molar-refractivity contribution in [3.63, 3.8) is 0 Å². The van der Waals surface area contributed by atoms with Crippen LogP contribution in [0.4, 0.5) is 0 Å². The lowest BCUT2D eigenvalue weighted by molar-refractivity contribution is -0.0437. The molecule has 36 nitrogen and oxygen atoms in total. The first-order chi connectivity index (χ1) is 64.8. The maximum Gasteiger partial charge on any atom is 0.481 e. The zero-order valence-electron chi connectivity index (χ0n) is 77.8. The van der Waals surface area contributed by atoms with Gasteiger partial charge in [0.25, 0.3) is 0 Å². The second-order valence-corrected chi connectivity index (χ2v) is 66.0. The maximum atomic E-state index is 8.35. The summed E-state index contributed by atoms with van der Waals surface area (Å²) in [5.74, 6) is 3.28. The van der Waals surface area contributed by atoms with Crippen molar-refractivity contribution in [1.82, 2.24) is 0 Å². The molecule has 0 radical (unpaired) electrons. The molecule has 22 fully saturated rings. The predicted octanol–water partition coefficient (Wildman–Crippen LogP) is 8.57. The second kappa shape index (κ2) is 45.9. The first kappa shape index (κ1) is 98.3. The minimum Gasteiger partial charge on any atom is -0.379 e. The number of hydrogen-bond acceptors (Lipinski definition) is 36. The zero-order valence-corrected chi connectivity index (χ0v) is 85.8. The van der Waals surface area contributed by atoms with Crippen LogP contribution in [0, 0.1) is 47.3 Å². The van der Waals surface area contributed by atoms with Gasteiger partial charge in [0.1, 0.15) is 0 Å². The topological polar surface area (TPSA) is 359 Å². The fourth-order valence-corrected chi connectivity index (χ4v) is 71.7. The molecule has 24 atom stereocenters. The van der Waals surface area contributed by atoms with Crippen molar-refractivity contribution >= 4 is 70.4 Å². The molecule has 44 heteroatoms. The summed E-state index contributed by atoms with van der Waals surface area (Å²) in [6.45, 7) is 10.2. The lowest BCUT2D eigenvalue weighted by Crippen LogP contribution is -2.88. The fourth-order valence-electron chi connectivity index (χ4n) is 23.0. The van der Waals surface area contributed by atoms with Crippen LogP contribution in [0.1, 0.15) is 154 Å². The second-order valence-electron chi connectivity index (χ2n) is 41.3. The van der Waals surface area contributed by atoms with E-state index in [1.54, 1.807) is 0 Å². The molecule has 132 heavy (non-hydrogen) atoms. The van der Waals surface area contributed by atoms with E-state index < -0.39 is 70.4 Å². The summed E-state index contributed by atoms with van der Waals surface area (Å²) < 4.78 is 253. The minimum atomic E-state index is -4.76. The summed E-state index contributed by atoms with van der Waals surface area (Å²) in [5, 5.41) is 0. The van der Waals surface area contributed by atoms with Gasteiger partial charge >= 0.3 is 70.4 Å². The Kier molecular flexibility index (Phi) is 34.2. The van der Waals surface area contributed by atoms with Gasteiger partial charge in [-0.2, -0.15) is 0 Å². The van der Waals surface area contributed by atoms with E-state index in [9.17, 15) is 0 Å². The molecule has 0 N–H and O–H groups in total. The van der Waals surface area contributed by atoms with E-state index in [2.05, 4.69) is 0 Å². The highest BCUT2D eigenvalue weighted by Gasteiger charge is 2.83. The largest absolute Gasteiger partial charge is 0.481 e. The molecule has 22 rings (SSSR count). The number of hydrogen-bond donors (Lipinski definition) is 0. The lowest BCUT2D eigenvalue weighted by Gasteiger charge is -2.63. The SMILES string of the molecule is C(COCC1CCC2OC2C1)OCC[Si]12O[Si]3(CCOCCOCC4CCC5OC5C4)O[Si]4(CCOCCOCC5CCC6OC6C5)O[Si](CCOCCOCC5CCC6OC6C5)(O1)O[Si]1(CCOCCOCC5CCC6OC6C5)O[Si](CCOCCOCC5CCC6OC6C5)(O2)O[Si](CCOCCOCC2CCC5OC5C2)(O3)O[Si](CCOCCOCC2CCC3OC3C2)(O4)O1. The van der Waals surface area contributed by atoms with Crippen LogP contribution in [-0.2, 0) is 163 Å². The van der Waals surface area contributed by atoms with Gasteiger partial charge in [0.2, 0.25) is 0 Å². The van der Waals surface area contributed by atoms with E-state index in [1.165, 1.54) is 0 Å². The van der Waals surface area contributed by atoms with Crippen LogP contribution >= 0.6 is 0 Å². The molecular weight excluding hydrogens is 1860 g/mol. The van der Waals surface area contributed by atoms with Gasteiger partial charge in [-0.25, -0.2) is 0 Å². The van der Waals surface area contributed by atoms with Gasteiger partial charge in [-0.15, -0.1) is 0 Å². The summed E-state index contributed by atoms with van der Waals surface area (Å²) in [6, 6.07) is 0.101. The third-order valence-corrected chi connectivity index (χ3v) is 67.2. The van der Waals surface area contributed by atoms with E-state index in [-0.39, 0.29) is 154 Å². The van der Waals surface area contributed by atoms with Crippen molar-refractivity contribution in [2.75, 3.05) is 211 Å². The minimum absolute atomic E-state index is 0.0126. The van der Waals surface area contributed by atoms with Crippen molar-refractivity contribution in [1.29, 1.82) is 0 Å². The smallest absolute Gasteiger partial charge is 0.379 e. The molecule has 0 amide bonds. The molecule has 0 aromatic rings.